The van der Waals surface area contributed by atoms with Crippen LogP contribution in [0.4, 0.5) is 0 Å². The van der Waals surface area contributed by atoms with Crippen LogP contribution in [-0.2, 0) is 4.74 Å². The van der Waals surface area contributed by atoms with Crippen molar-refractivity contribution in [1.82, 2.24) is 5.32 Å². The largest absolute Gasteiger partial charge is 0.491 e. The predicted molar refractivity (Wildman–Crippen MR) is 79.9 cm³/mol. The van der Waals surface area contributed by atoms with E-state index in [0.29, 0.717) is 12.6 Å². The Morgan fingerprint density at radius 1 is 1.33 bits per heavy atom. The van der Waals surface area contributed by atoms with E-state index in [0.717, 1.165) is 30.9 Å². The molecule has 1 aromatic rings. The van der Waals surface area contributed by atoms with Crippen molar-refractivity contribution in [3.63, 3.8) is 0 Å². The summed E-state index contributed by atoms with van der Waals surface area (Å²) in [6.07, 6.45) is 5.99. The summed E-state index contributed by atoms with van der Waals surface area (Å²) in [5, 5.41) is 3.26. The van der Waals surface area contributed by atoms with E-state index in [1.54, 1.807) is 0 Å². The molecule has 2 aliphatic heterocycles. The van der Waals surface area contributed by atoms with Gasteiger partial charge in [-0.25, -0.2) is 0 Å². The molecule has 4 heteroatoms. The maximum atomic E-state index is 6.20. The summed E-state index contributed by atoms with van der Waals surface area (Å²) in [4.78, 5) is 0. The SMILES string of the molecule is CNC1COc2cc(OC3CCOC4(CCC4)C3)ccc21. The lowest BCUT2D eigenvalue weighted by Gasteiger charge is -2.46. The molecule has 1 N–H and O–H groups in total. The van der Waals surface area contributed by atoms with Crippen LogP contribution in [0, 0.1) is 0 Å². The summed E-state index contributed by atoms with van der Waals surface area (Å²) in [7, 11) is 1.97. The van der Waals surface area contributed by atoms with Crippen molar-refractivity contribution in [2.24, 2.45) is 0 Å². The van der Waals surface area contributed by atoms with E-state index in [1.165, 1.54) is 24.8 Å². The molecule has 1 aromatic carbocycles. The number of hydrogen-bond donors (Lipinski definition) is 1. The molecule has 0 aromatic heterocycles. The minimum absolute atomic E-state index is 0.132. The molecule has 1 spiro atoms. The second kappa shape index (κ2) is 5.18. The maximum Gasteiger partial charge on any atom is 0.127 e. The van der Waals surface area contributed by atoms with Crippen molar-refractivity contribution in [1.29, 1.82) is 0 Å². The highest BCUT2D eigenvalue weighted by Crippen LogP contribution is 2.43. The maximum absolute atomic E-state index is 6.20. The third-order valence-electron chi connectivity index (χ3n) is 5.13. The highest BCUT2D eigenvalue weighted by Gasteiger charge is 2.43. The Labute approximate surface area is 125 Å². The summed E-state index contributed by atoms with van der Waals surface area (Å²) in [6.45, 7) is 1.53. The molecule has 1 saturated heterocycles. The van der Waals surface area contributed by atoms with E-state index in [2.05, 4.69) is 17.4 Å². The zero-order valence-electron chi connectivity index (χ0n) is 12.6. The van der Waals surface area contributed by atoms with E-state index in [-0.39, 0.29) is 11.7 Å². The quantitative estimate of drug-likeness (QED) is 0.929. The van der Waals surface area contributed by atoms with Gasteiger partial charge in [0, 0.05) is 24.5 Å². The van der Waals surface area contributed by atoms with Gasteiger partial charge in [0.15, 0.2) is 0 Å². The van der Waals surface area contributed by atoms with E-state index >= 15 is 0 Å². The molecule has 2 fully saturated rings. The average Bonchev–Trinajstić information content (AvgIpc) is 2.88. The Bertz CT molecular complexity index is 527. The first-order valence-corrected chi connectivity index (χ1v) is 8.03. The van der Waals surface area contributed by atoms with Crippen LogP contribution < -0.4 is 14.8 Å². The fourth-order valence-corrected chi connectivity index (χ4v) is 3.70. The fourth-order valence-electron chi connectivity index (χ4n) is 3.70. The van der Waals surface area contributed by atoms with Crippen molar-refractivity contribution < 1.29 is 14.2 Å². The van der Waals surface area contributed by atoms with Gasteiger partial charge >= 0.3 is 0 Å². The van der Waals surface area contributed by atoms with Gasteiger partial charge in [-0.15, -0.1) is 0 Å². The zero-order valence-corrected chi connectivity index (χ0v) is 12.6. The zero-order chi connectivity index (χ0) is 14.3. The number of hydrogen-bond acceptors (Lipinski definition) is 4. The number of rotatable bonds is 3. The molecule has 1 aliphatic carbocycles. The average molecular weight is 289 g/mol. The lowest BCUT2D eigenvalue weighted by molar-refractivity contribution is -0.153. The Morgan fingerprint density at radius 3 is 3.00 bits per heavy atom. The van der Waals surface area contributed by atoms with Gasteiger partial charge in [0.05, 0.1) is 18.2 Å². The van der Waals surface area contributed by atoms with Crippen LogP contribution in [0.3, 0.4) is 0 Å². The van der Waals surface area contributed by atoms with Crippen molar-refractivity contribution in [3.8, 4) is 11.5 Å². The van der Waals surface area contributed by atoms with Crippen molar-refractivity contribution in [2.75, 3.05) is 20.3 Å². The molecular weight excluding hydrogens is 266 g/mol. The number of nitrogens with one attached hydrogen (secondary N) is 1. The van der Waals surface area contributed by atoms with Gasteiger partial charge < -0.3 is 19.5 Å². The Hall–Kier alpha value is -1.26. The molecule has 114 valence electrons. The molecular formula is C17H23NO3. The van der Waals surface area contributed by atoms with Gasteiger partial charge in [0.25, 0.3) is 0 Å². The van der Waals surface area contributed by atoms with Crippen molar-refractivity contribution in [2.45, 2.75) is 49.9 Å². The smallest absolute Gasteiger partial charge is 0.127 e. The van der Waals surface area contributed by atoms with Crippen LogP contribution in [0.1, 0.15) is 43.7 Å². The molecule has 4 nitrogen and oxygen atoms in total. The van der Waals surface area contributed by atoms with Crippen LogP contribution >= 0.6 is 0 Å². The van der Waals surface area contributed by atoms with E-state index < -0.39 is 0 Å². The fraction of sp³-hybridized carbons (Fsp3) is 0.647. The Morgan fingerprint density at radius 2 is 2.24 bits per heavy atom. The lowest BCUT2D eigenvalue weighted by atomic mass is 9.74. The molecule has 2 atom stereocenters. The first kappa shape index (κ1) is 13.4. The summed E-state index contributed by atoms with van der Waals surface area (Å²) in [5.74, 6) is 1.88. The highest BCUT2D eigenvalue weighted by molar-refractivity contribution is 5.45. The van der Waals surface area contributed by atoms with Crippen LogP contribution in [0.5, 0.6) is 11.5 Å². The number of fused-ring (bicyclic) bond motifs is 1. The Balaban J connectivity index is 1.45. The first-order valence-electron chi connectivity index (χ1n) is 8.03. The van der Waals surface area contributed by atoms with Gasteiger partial charge in [0.2, 0.25) is 0 Å². The van der Waals surface area contributed by atoms with Crippen molar-refractivity contribution in [3.05, 3.63) is 23.8 Å². The van der Waals surface area contributed by atoms with E-state index in [1.807, 2.05) is 13.1 Å². The van der Waals surface area contributed by atoms with Crippen LogP contribution in [0.2, 0.25) is 0 Å². The standard InChI is InChI=1S/C17H23NO3/c1-18-15-11-19-16-9-12(3-4-14(15)16)21-13-5-8-20-17(10-13)6-2-7-17/h3-4,9,13,15,18H,2,5-8,10-11H2,1H3. The second-order valence-electron chi connectivity index (χ2n) is 6.47. The van der Waals surface area contributed by atoms with Crippen LogP contribution in [0.25, 0.3) is 0 Å². The van der Waals surface area contributed by atoms with E-state index in [9.17, 15) is 0 Å². The van der Waals surface area contributed by atoms with Crippen molar-refractivity contribution >= 4 is 0 Å². The van der Waals surface area contributed by atoms with E-state index in [4.69, 9.17) is 14.2 Å². The van der Waals surface area contributed by atoms with Gasteiger partial charge in [0.1, 0.15) is 24.2 Å². The summed E-state index contributed by atoms with van der Waals surface area (Å²) < 4.78 is 17.9. The monoisotopic (exact) mass is 289 g/mol. The molecule has 4 rings (SSSR count). The third-order valence-corrected chi connectivity index (χ3v) is 5.13. The number of ether oxygens (including phenoxy) is 3. The second-order valence-corrected chi connectivity index (χ2v) is 6.47. The molecule has 0 radical (unpaired) electrons. The van der Waals surface area contributed by atoms with Crippen LogP contribution in [0.15, 0.2) is 18.2 Å². The summed E-state index contributed by atoms with van der Waals surface area (Å²) in [6, 6.07) is 6.53. The number of likely N-dealkylation sites (N-methyl/N-ethyl adjacent to an activating group) is 1. The molecule has 21 heavy (non-hydrogen) atoms. The predicted octanol–water partition coefficient (Wildman–Crippen LogP) is 2.82. The van der Waals surface area contributed by atoms with Crippen LogP contribution in [-0.4, -0.2) is 32.0 Å². The Kier molecular flexibility index (Phi) is 3.31. The molecule has 3 aliphatic rings. The lowest BCUT2D eigenvalue weighted by Crippen LogP contribution is -2.48. The summed E-state index contributed by atoms with van der Waals surface area (Å²) in [5.41, 5.74) is 1.36. The van der Waals surface area contributed by atoms with Gasteiger partial charge in [-0.1, -0.05) is 0 Å². The van der Waals surface area contributed by atoms with Gasteiger partial charge in [-0.05, 0) is 38.4 Å². The molecule has 0 amide bonds. The number of benzene rings is 1. The molecule has 1 saturated carbocycles. The molecule has 2 heterocycles. The van der Waals surface area contributed by atoms with Gasteiger partial charge in [-0.2, -0.15) is 0 Å². The highest BCUT2D eigenvalue weighted by atomic mass is 16.5. The normalized spacial score (nSPS) is 29.6. The molecule has 0 bridgehead atoms. The summed E-state index contributed by atoms with van der Waals surface area (Å²) >= 11 is 0. The first-order chi connectivity index (χ1) is 10.3. The minimum Gasteiger partial charge on any atom is -0.491 e. The minimum atomic E-state index is 0.132. The topological polar surface area (TPSA) is 39.7 Å². The molecule has 2 unspecified atom stereocenters. The van der Waals surface area contributed by atoms with Gasteiger partial charge in [-0.3, -0.25) is 0 Å². The third kappa shape index (κ3) is 2.40.